The van der Waals surface area contributed by atoms with Crippen molar-refractivity contribution in [3.63, 3.8) is 0 Å². The number of allylic oxidation sites excluding steroid dienone is 3. The minimum absolute atomic E-state index is 0. The van der Waals surface area contributed by atoms with E-state index in [0.717, 1.165) is 0 Å². The van der Waals surface area contributed by atoms with Crippen molar-refractivity contribution in [2.45, 2.75) is 21.8 Å². The van der Waals surface area contributed by atoms with Gasteiger partial charge in [-0.1, -0.05) is 39.7 Å². The third kappa shape index (κ3) is 50.2. The highest BCUT2D eigenvalue weighted by molar-refractivity contribution is 4.94. The van der Waals surface area contributed by atoms with Crippen molar-refractivity contribution in [2.24, 2.45) is 0 Å². The van der Waals surface area contributed by atoms with Crippen LogP contribution in [0.4, 0.5) is 0 Å². The monoisotopic (exact) mass is 115 g/mol. The summed E-state index contributed by atoms with van der Waals surface area (Å²) in [5, 5.41) is 0. The van der Waals surface area contributed by atoms with Crippen LogP contribution in [0.15, 0.2) is 24.8 Å². The van der Waals surface area contributed by atoms with E-state index in [0.29, 0.717) is 0 Å². The average Bonchev–Trinajstić information content (AvgIpc) is 1.41. The fraction of sp³-hybridized carbons (Fsp3) is 0.375. The van der Waals surface area contributed by atoms with Gasteiger partial charge in [-0.05, 0) is 6.92 Å². The minimum Gasteiger partial charge on any atom is -0.358 e. The molecule has 0 saturated carbocycles. The summed E-state index contributed by atoms with van der Waals surface area (Å²) in [5.41, 5.74) is 0. The van der Waals surface area contributed by atoms with Gasteiger partial charge in [-0.2, -0.15) is 0 Å². The van der Waals surface area contributed by atoms with Crippen LogP contribution in [0.25, 0.3) is 0 Å². The molecule has 0 N–H and O–H groups in total. The second kappa shape index (κ2) is 31.6. The van der Waals surface area contributed by atoms with Gasteiger partial charge in [-0.15, -0.1) is 0 Å². The highest BCUT2D eigenvalue weighted by Gasteiger charge is 1.42. The first kappa shape index (κ1) is 25.9. The Balaban J connectivity index is -0.0000000267. The Kier molecular flexibility index (Phi) is 103. The topological polar surface area (TPSA) is 0 Å². The Bertz CT molecular complexity index is 42.0. The molecule has 0 aliphatic carbocycles. The maximum atomic E-state index is 3.46. The molecule has 0 rings (SSSR count). The molecule has 0 aromatic heterocycles. The molecule has 0 bridgehead atoms. The highest BCUT2D eigenvalue weighted by Crippen LogP contribution is 1.64. The van der Waals surface area contributed by atoms with Gasteiger partial charge in [-0.25, -0.2) is 0 Å². The van der Waals surface area contributed by atoms with Crippen LogP contribution in [0.3, 0.4) is 0 Å². The Labute approximate surface area is 54.9 Å². The van der Waals surface area contributed by atoms with E-state index in [1.807, 2.05) is 19.1 Å². The lowest BCUT2D eigenvalue weighted by Crippen LogP contribution is -1.33. The first-order valence-electron chi connectivity index (χ1n) is 1.65. The zero-order chi connectivity index (χ0) is 4.12. The maximum absolute atomic E-state index is 3.46. The standard InChI is InChI=1S/C5H8.2CH4.CH3/c1-3-5-4-2;;;/h3-5H,1H2,2H3;2*1H4;1H3/q;;;-1. The zero-order valence-electron chi connectivity index (χ0n) is 4.44. The predicted molar refractivity (Wildman–Crippen MR) is 44.9 cm³/mol. The van der Waals surface area contributed by atoms with Gasteiger partial charge in [0, 0.05) is 0 Å². The summed E-state index contributed by atoms with van der Waals surface area (Å²) in [7, 11) is 0. The van der Waals surface area contributed by atoms with Gasteiger partial charge in [0.15, 0.2) is 0 Å². The van der Waals surface area contributed by atoms with Crippen molar-refractivity contribution < 1.29 is 0 Å². The molecule has 52 valence electrons. The third-order valence-electron chi connectivity index (χ3n) is 0.329. The summed E-state index contributed by atoms with van der Waals surface area (Å²) < 4.78 is 0. The minimum atomic E-state index is 0. The van der Waals surface area contributed by atoms with Crippen molar-refractivity contribution in [2.75, 3.05) is 0 Å². The lowest BCUT2D eigenvalue weighted by Gasteiger charge is -1.56. The van der Waals surface area contributed by atoms with Crippen molar-refractivity contribution in [3.8, 4) is 0 Å². The van der Waals surface area contributed by atoms with E-state index in [-0.39, 0.29) is 22.3 Å². The maximum Gasteiger partial charge on any atom is -0.0467 e. The fourth-order valence-electron chi connectivity index (χ4n) is 0.136. The Morgan fingerprint density at radius 1 is 1.25 bits per heavy atom. The second-order valence-electron chi connectivity index (χ2n) is 0.761. The summed E-state index contributed by atoms with van der Waals surface area (Å²) in [6, 6.07) is 0. The molecule has 0 radical (unpaired) electrons. The lowest BCUT2D eigenvalue weighted by atomic mass is 10.5. The van der Waals surface area contributed by atoms with Crippen LogP contribution in [-0.4, -0.2) is 0 Å². The number of hydrogen-bond donors (Lipinski definition) is 0. The van der Waals surface area contributed by atoms with Crippen molar-refractivity contribution >= 4 is 0 Å². The molecule has 0 unspecified atom stereocenters. The molecule has 0 fully saturated rings. The largest absolute Gasteiger partial charge is 0.358 e. The van der Waals surface area contributed by atoms with Gasteiger partial charge < -0.3 is 7.43 Å². The molecule has 0 nitrogen and oxygen atoms in total. The van der Waals surface area contributed by atoms with Crippen LogP contribution in [-0.2, 0) is 0 Å². The van der Waals surface area contributed by atoms with Crippen molar-refractivity contribution in [1.82, 2.24) is 0 Å². The number of rotatable bonds is 1. The van der Waals surface area contributed by atoms with Gasteiger partial charge >= 0.3 is 0 Å². The third-order valence-corrected chi connectivity index (χ3v) is 0.329. The Morgan fingerprint density at radius 2 is 1.62 bits per heavy atom. The fourth-order valence-corrected chi connectivity index (χ4v) is 0.136. The van der Waals surface area contributed by atoms with Crippen LogP contribution in [0.2, 0.25) is 0 Å². The molecular weight excluding hydrogens is 96.1 g/mol. The van der Waals surface area contributed by atoms with Gasteiger partial charge in [0.05, 0.1) is 0 Å². The van der Waals surface area contributed by atoms with Crippen molar-refractivity contribution in [3.05, 3.63) is 32.2 Å². The summed E-state index contributed by atoms with van der Waals surface area (Å²) in [6.45, 7) is 5.42. The van der Waals surface area contributed by atoms with E-state index in [1.165, 1.54) is 0 Å². The molecule has 0 heteroatoms. The lowest BCUT2D eigenvalue weighted by molar-refractivity contribution is 1.74. The van der Waals surface area contributed by atoms with E-state index in [9.17, 15) is 0 Å². The predicted octanol–water partition coefficient (Wildman–Crippen LogP) is 3.47. The van der Waals surface area contributed by atoms with Crippen LogP contribution in [0.1, 0.15) is 21.8 Å². The summed E-state index contributed by atoms with van der Waals surface area (Å²) in [6.07, 6.45) is 5.58. The van der Waals surface area contributed by atoms with Crippen LogP contribution < -0.4 is 0 Å². The SMILES string of the molecule is C.C.C=CC=CC.[CH3-]. The summed E-state index contributed by atoms with van der Waals surface area (Å²) in [4.78, 5) is 0. The molecular formula is C8H19-. The molecule has 0 spiro atoms. The smallest absolute Gasteiger partial charge is 0.0467 e. The molecule has 0 heterocycles. The molecule has 0 aliphatic rings. The molecule has 0 atom stereocenters. The highest BCUT2D eigenvalue weighted by atomic mass is 13.5. The molecule has 0 aliphatic heterocycles. The van der Waals surface area contributed by atoms with Crippen LogP contribution in [0, 0.1) is 7.43 Å². The van der Waals surface area contributed by atoms with E-state index in [2.05, 4.69) is 6.58 Å². The van der Waals surface area contributed by atoms with Crippen LogP contribution >= 0.6 is 0 Å². The van der Waals surface area contributed by atoms with E-state index < -0.39 is 0 Å². The van der Waals surface area contributed by atoms with Gasteiger partial charge in [0.1, 0.15) is 0 Å². The quantitative estimate of drug-likeness (QED) is 0.362. The first-order valence-corrected chi connectivity index (χ1v) is 1.65. The Morgan fingerprint density at radius 3 is 1.62 bits per heavy atom. The molecule has 8 heavy (non-hydrogen) atoms. The number of hydrogen-bond acceptors (Lipinski definition) is 0. The first-order chi connectivity index (χ1) is 2.41. The van der Waals surface area contributed by atoms with Gasteiger partial charge in [0.25, 0.3) is 0 Å². The summed E-state index contributed by atoms with van der Waals surface area (Å²) >= 11 is 0. The molecule has 0 aromatic rings. The Hall–Kier alpha value is -0.520. The summed E-state index contributed by atoms with van der Waals surface area (Å²) in [5.74, 6) is 0. The zero-order valence-corrected chi connectivity index (χ0v) is 4.44. The van der Waals surface area contributed by atoms with Crippen molar-refractivity contribution in [1.29, 1.82) is 0 Å². The second-order valence-corrected chi connectivity index (χ2v) is 0.761. The van der Waals surface area contributed by atoms with Gasteiger partial charge in [0.2, 0.25) is 0 Å². The molecule has 0 saturated heterocycles. The molecule has 0 amide bonds. The van der Waals surface area contributed by atoms with Crippen LogP contribution in [0.5, 0.6) is 0 Å². The normalized spacial score (nSPS) is 5.62. The van der Waals surface area contributed by atoms with Gasteiger partial charge in [-0.3, -0.25) is 0 Å². The molecule has 0 aromatic carbocycles. The average molecular weight is 115 g/mol. The van der Waals surface area contributed by atoms with E-state index in [4.69, 9.17) is 0 Å². The van der Waals surface area contributed by atoms with E-state index in [1.54, 1.807) is 6.08 Å². The van der Waals surface area contributed by atoms with E-state index >= 15 is 0 Å².